The molecule has 15 heavy (non-hydrogen) atoms. The van der Waals surface area contributed by atoms with Crippen molar-refractivity contribution in [2.45, 2.75) is 19.4 Å². The zero-order valence-electron chi connectivity index (χ0n) is 9.37. The zero-order chi connectivity index (χ0) is 10.8. The molecule has 0 saturated carbocycles. The summed E-state index contributed by atoms with van der Waals surface area (Å²) in [5, 5.41) is 0. The van der Waals surface area contributed by atoms with Crippen molar-refractivity contribution in [2.75, 3.05) is 20.8 Å². The lowest BCUT2D eigenvalue weighted by Crippen LogP contribution is -2.16. The summed E-state index contributed by atoms with van der Waals surface area (Å²) in [6.07, 6.45) is 0.971. The largest absolute Gasteiger partial charge is 0.496 e. The SMILES string of the molecule is COc1ccc(OC)c2c1CCOC2C. The maximum Gasteiger partial charge on any atom is 0.125 e. The van der Waals surface area contributed by atoms with Crippen LogP contribution < -0.4 is 9.47 Å². The Balaban J connectivity index is 2.56. The molecule has 0 aromatic heterocycles. The van der Waals surface area contributed by atoms with Crippen LogP contribution in [0.1, 0.15) is 24.2 Å². The van der Waals surface area contributed by atoms with Crippen LogP contribution in [0, 0.1) is 0 Å². The normalized spacial score (nSPS) is 19.5. The third-order valence-electron chi connectivity index (χ3n) is 2.84. The number of methoxy groups -OCH3 is 2. The van der Waals surface area contributed by atoms with E-state index >= 15 is 0 Å². The number of hydrogen-bond acceptors (Lipinski definition) is 3. The zero-order valence-corrected chi connectivity index (χ0v) is 9.37. The molecule has 0 bridgehead atoms. The van der Waals surface area contributed by atoms with E-state index in [4.69, 9.17) is 14.2 Å². The first-order valence-electron chi connectivity index (χ1n) is 5.13. The Morgan fingerprint density at radius 3 is 2.53 bits per heavy atom. The van der Waals surface area contributed by atoms with Crippen LogP contribution in [0.2, 0.25) is 0 Å². The third kappa shape index (κ3) is 1.67. The molecule has 1 aliphatic heterocycles. The second kappa shape index (κ2) is 4.11. The van der Waals surface area contributed by atoms with E-state index in [0.717, 1.165) is 30.1 Å². The van der Waals surface area contributed by atoms with Gasteiger partial charge in [0.15, 0.2) is 0 Å². The second-order valence-corrected chi connectivity index (χ2v) is 3.63. The molecular formula is C12H16O3. The van der Waals surface area contributed by atoms with E-state index in [1.165, 1.54) is 5.56 Å². The molecule has 0 amide bonds. The topological polar surface area (TPSA) is 27.7 Å². The van der Waals surface area contributed by atoms with Crippen molar-refractivity contribution in [1.82, 2.24) is 0 Å². The van der Waals surface area contributed by atoms with Gasteiger partial charge < -0.3 is 14.2 Å². The summed E-state index contributed by atoms with van der Waals surface area (Å²) in [7, 11) is 3.38. The van der Waals surface area contributed by atoms with Crippen LogP contribution in [-0.2, 0) is 11.2 Å². The minimum Gasteiger partial charge on any atom is -0.496 e. The Morgan fingerprint density at radius 2 is 1.87 bits per heavy atom. The first-order chi connectivity index (χ1) is 7.27. The molecule has 3 heteroatoms. The number of hydrogen-bond donors (Lipinski definition) is 0. The van der Waals surface area contributed by atoms with Gasteiger partial charge in [-0.1, -0.05) is 0 Å². The number of ether oxygens (including phenoxy) is 3. The van der Waals surface area contributed by atoms with Gasteiger partial charge in [0.25, 0.3) is 0 Å². The Kier molecular flexibility index (Phi) is 2.82. The van der Waals surface area contributed by atoms with Crippen molar-refractivity contribution in [3.05, 3.63) is 23.3 Å². The molecule has 0 N–H and O–H groups in total. The first kappa shape index (κ1) is 10.3. The Hall–Kier alpha value is -1.22. The fourth-order valence-electron chi connectivity index (χ4n) is 2.12. The van der Waals surface area contributed by atoms with Crippen LogP contribution in [-0.4, -0.2) is 20.8 Å². The minimum absolute atomic E-state index is 0.0822. The molecule has 82 valence electrons. The number of benzene rings is 1. The van der Waals surface area contributed by atoms with Gasteiger partial charge >= 0.3 is 0 Å². The summed E-state index contributed by atoms with van der Waals surface area (Å²) in [6, 6.07) is 3.89. The summed E-state index contributed by atoms with van der Waals surface area (Å²) in [5.74, 6) is 1.82. The fourth-order valence-corrected chi connectivity index (χ4v) is 2.12. The lowest BCUT2D eigenvalue weighted by atomic mass is 9.96. The molecule has 0 fully saturated rings. The molecule has 0 aliphatic carbocycles. The van der Waals surface area contributed by atoms with Crippen LogP contribution >= 0.6 is 0 Å². The highest BCUT2D eigenvalue weighted by Crippen LogP contribution is 2.39. The van der Waals surface area contributed by atoms with Gasteiger partial charge in [0.1, 0.15) is 11.5 Å². The quantitative estimate of drug-likeness (QED) is 0.746. The van der Waals surface area contributed by atoms with E-state index in [0.29, 0.717) is 0 Å². The van der Waals surface area contributed by atoms with Gasteiger partial charge in [-0.15, -0.1) is 0 Å². The van der Waals surface area contributed by atoms with Crippen LogP contribution in [0.4, 0.5) is 0 Å². The minimum atomic E-state index is 0.0822. The van der Waals surface area contributed by atoms with Crippen molar-refractivity contribution in [2.24, 2.45) is 0 Å². The van der Waals surface area contributed by atoms with Crippen LogP contribution in [0.15, 0.2) is 12.1 Å². The van der Waals surface area contributed by atoms with Crippen molar-refractivity contribution in [3.8, 4) is 11.5 Å². The van der Waals surface area contributed by atoms with Gasteiger partial charge in [-0.2, -0.15) is 0 Å². The van der Waals surface area contributed by atoms with Gasteiger partial charge in [-0.05, 0) is 25.5 Å². The molecule has 1 unspecified atom stereocenters. The molecule has 1 aromatic rings. The van der Waals surface area contributed by atoms with Gasteiger partial charge in [0.2, 0.25) is 0 Å². The van der Waals surface area contributed by atoms with E-state index in [9.17, 15) is 0 Å². The molecular weight excluding hydrogens is 192 g/mol. The maximum absolute atomic E-state index is 5.61. The molecule has 1 aromatic carbocycles. The smallest absolute Gasteiger partial charge is 0.125 e. The van der Waals surface area contributed by atoms with Crippen molar-refractivity contribution in [1.29, 1.82) is 0 Å². The molecule has 0 spiro atoms. The van der Waals surface area contributed by atoms with Crippen molar-refractivity contribution in [3.63, 3.8) is 0 Å². The molecule has 2 rings (SSSR count). The lowest BCUT2D eigenvalue weighted by molar-refractivity contribution is 0.0526. The Morgan fingerprint density at radius 1 is 1.20 bits per heavy atom. The Bertz CT molecular complexity index is 360. The van der Waals surface area contributed by atoms with Gasteiger partial charge in [0, 0.05) is 11.1 Å². The summed E-state index contributed by atoms with van der Waals surface area (Å²) in [4.78, 5) is 0. The highest BCUT2D eigenvalue weighted by molar-refractivity contribution is 5.50. The average molecular weight is 208 g/mol. The number of rotatable bonds is 2. The van der Waals surface area contributed by atoms with E-state index < -0.39 is 0 Å². The standard InChI is InChI=1S/C12H16O3/c1-8-12-9(6-7-15-8)10(13-2)4-5-11(12)14-3/h4-5,8H,6-7H2,1-3H3. The van der Waals surface area contributed by atoms with Crippen LogP contribution in [0.3, 0.4) is 0 Å². The van der Waals surface area contributed by atoms with E-state index in [1.807, 2.05) is 19.1 Å². The monoisotopic (exact) mass is 208 g/mol. The summed E-state index contributed by atoms with van der Waals surface area (Å²) in [6.45, 7) is 2.79. The van der Waals surface area contributed by atoms with Crippen molar-refractivity contribution < 1.29 is 14.2 Å². The third-order valence-corrected chi connectivity index (χ3v) is 2.84. The van der Waals surface area contributed by atoms with E-state index in [1.54, 1.807) is 14.2 Å². The van der Waals surface area contributed by atoms with E-state index in [-0.39, 0.29) is 6.10 Å². The average Bonchev–Trinajstić information content (AvgIpc) is 2.28. The fraction of sp³-hybridized carbons (Fsp3) is 0.500. The highest BCUT2D eigenvalue weighted by atomic mass is 16.5. The molecule has 1 atom stereocenters. The first-order valence-corrected chi connectivity index (χ1v) is 5.13. The van der Waals surface area contributed by atoms with Gasteiger partial charge in [0.05, 0.1) is 26.9 Å². The van der Waals surface area contributed by atoms with Gasteiger partial charge in [-0.3, -0.25) is 0 Å². The maximum atomic E-state index is 5.61. The predicted molar refractivity (Wildman–Crippen MR) is 57.6 cm³/mol. The lowest BCUT2D eigenvalue weighted by Gasteiger charge is -2.26. The predicted octanol–water partition coefficient (Wildman–Crippen LogP) is 2.34. The molecule has 1 heterocycles. The molecule has 0 saturated heterocycles. The molecule has 0 radical (unpaired) electrons. The second-order valence-electron chi connectivity index (χ2n) is 3.63. The number of fused-ring (bicyclic) bond motifs is 1. The van der Waals surface area contributed by atoms with E-state index in [2.05, 4.69) is 0 Å². The summed E-state index contributed by atoms with van der Waals surface area (Å²) < 4.78 is 16.3. The van der Waals surface area contributed by atoms with Gasteiger partial charge in [-0.25, -0.2) is 0 Å². The summed E-state index contributed by atoms with van der Waals surface area (Å²) in [5.41, 5.74) is 2.35. The van der Waals surface area contributed by atoms with Crippen LogP contribution in [0.5, 0.6) is 11.5 Å². The highest BCUT2D eigenvalue weighted by Gasteiger charge is 2.24. The Labute approximate surface area is 90.0 Å². The molecule has 1 aliphatic rings. The molecule has 3 nitrogen and oxygen atoms in total. The van der Waals surface area contributed by atoms with Crippen LogP contribution in [0.25, 0.3) is 0 Å². The summed E-state index contributed by atoms with van der Waals surface area (Å²) >= 11 is 0. The van der Waals surface area contributed by atoms with Crippen molar-refractivity contribution >= 4 is 0 Å².